The molecule has 0 aromatic heterocycles. The number of quaternary nitrogens is 1. The number of carbonyl (C=O) groups is 1. The predicted octanol–water partition coefficient (Wildman–Crippen LogP) is 16.6. The molecule has 0 fully saturated rings. The molecule has 0 radical (unpaired) electrons. The van der Waals surface area contributed by atoms with Crippen LogP contribution in [0.4, 0.5) is 0 Å². The molecule has 386 valence electrons. The Balaban J connectivity index is 4.11. The van der Waals surface area contributed by atoms with E-state index in [1.165, 1.54) is 148 Å². The third-order valence-corrected chi connectivity index (χ3v) is 12.8. The average Bonchev–Trinajstić information content (AvgIpc) is 3.28. The third-order valence-electron chi connectivity index (χ3n) is 11.8. The molecule has 0 saturated heterocycles. The van der Waals surface area contributed by atoms with E-state index in [0.717, 1.165) is 70.6 Å². The van der Waals surface area contributed by atoms with E-state index in [4.69, 9.17) is 18.5 Å². The van der Waals surface area contributed by atoms with Gasteiger partial charge in [-0.2, -0.15) is 0 Å². The quantitative estimate of drug-likeness (QED) is 0.0197. The van der Waals surface area contributed by atoms with Crippen LogP contribution in [0.5, 0.6) is 0 Å². The summed E-state index contributed by atoms with van der Waals surface area (Å²) < 4.78 is 34.8. The summed E-state index contributed by atoms with van der Waals surface area (Å²) in [5.41, 5.74) is 0. The largest absolute Gasteiger partial charge is 0.756 e. The number of likely N-dealkylation sites (N-methyl/N-ethyl adjacent to an activating group) is 1. The molecule has 0 bridgehead atoms. The van der Waals surface area contributed by atoms with Crippen molar-refractivity contribution in [3.63, 3.8) is 0 Å². The molecule has 0 aromatic carbocycles. The number of nitrogens with zero attached hydrogens (tertiary/aromatic N) is 1. The van der Waals surface area contributed by atoms with E-state index in [2.05, 4.69) is 74.6 Å². The molecule has 8 nitrogen and oxygen atoms in total. The van der Waals surface area contributed by atoms with Gasteiger partial charge in [0.15, 0.2) is 0 Å². The number of hydrogen-bond acceptors (Lipinski definition) is 7. The number of rotatable bonds is 51. The summed E-state index contributed by atoms with van der Waals surface area (Å²) in [4.78, 5) is 25.2. The van der Waals surface area contributed by atoms with Gasteiger partial charge in [0.1, 0.15) is 19.3 Å². The highest BCUT2D eigenvalue weighted by Gasteiger charge is 2.20. The number of esters is 1. The number of allylic oxidation sites excluding steroid dienone is 10. The Morgan fingerprint density at radius 3 is 1.32 bits per heavy atom. The van der Waals surface area contributed by atoms with Crippen molar-refractivity contribution >= 4 is 13.8 Å². The fraction of sp³-hybridized carbons (Fsp3) is 0.807. The molecule has 0 aliphatic heterocycles. The first-order chi connectivity index (χ1) is 32.1. The van der Waals surface area contributed by atoms with Crippen LogP contribution in [-0.2, 0) is 27.9 Å². The zero-order valence-electron chi connectivity index (χ0n) is 43.9. The highest BCUT2D eigenvalue weighted by molar-refractivity contribution is 7.45. The summed E-state index contributed by atoms with van der Waals surface area (Å²) in [7, 11) is 1.36. The van der Waals surface area contributed by atoms with E-state index in [0.29, 0.717) is 24.1 Å². The minimum atomic E-state index is -4.54. The Morgan fingerprint density at radius 1 is 0.485 bits per heavy atom. The molecule has 0 heterocycles. The molecule has 0 aliphatic rings. The van der Waals surface area contributed by atoms with Crippen LogP contribution in [0, 0.1) is 0 Å². The second kappa shape index (κ2) is 49.6. The van der Waals surface area contributed by atoms with E-state index < -0.39 is 13.9 Å². The van der Waals surface area contributed by atoms with Gasteiger partial charge in [-0.15, -0.1) is 0 Å². The molecule has 0 rings (SSSR count). The van der Waals surface area contributed by atoms with Crippen LogP contribution in [0.2, 0.25) is 0 Å². The number of phosphoric acid groups is 1. The molecule has 2 atom stereocenters. The van der Waals surface area contributed by atoms with Gasteiger partial charge in [0.25, 0.3) is 7.82 Å². The molecule has 66 heavy (non-hydrogen) atoms. The normalized spacial score (nSPS) is 14.0. The number of phosphoric ester groups is 1. The maximum atomic E-state index is 12.8. The smallest absolute Gasteiger partial charge is 0.306 e. The van der Waals surface area contributed by atoms with E-state index in [-0.39, 0.29) is 25.8 Å². The van der Waals surface area contributed by atoms with Gasteiger partial charge in [0.2, 0.25) is 0 Å². The maximum absolute atomic E-state index is 12.8. The summed E-state index contributed by atoms with van der Waals surface area (Å²) in [6.07, 6.45) is 63.9. The monoisotopic (exact) mass is 948 g/mol. The van der Waals surface area contributed by atoms with Crippen molar-refractivity contribution in [3.05, 3.63) is 60.8 Å². The van der Waals surface area contributed by atoms with Crippen LogP contribution >= 0.6 is 7.82 Å². The van der Waals surface area contributed by atoms with Gasteiger partial charge in [-0.05, 0) is 57.8 Å². The predicted molar refractivity (Wildman–Crippen MR) is 282 cm³/mol. The number of unbranched alkanes of at least 4 members (excludes halogenated alkanes) is 27. The Morgan fingerprint density at radius 2 is 0.879 bits per heavy atom. The zero-order valence-corrected chi connectivity index (χ0v) is 44.8. The van der Waals surface area contributed by atoms with Gasteiger partial charge in [0.05, 0.1) is 34.4 Å². The summed E-state index contributed by atoms with van der Waals surface area (Å²) in [6.45, 7) is 5.33. The van der Waals surface area contributed by atoms with Crippen LogP contribution in [0.25, 0.3) is 0 Å². The number of carbonyl (C=O) groups excluding carboxylic acids is 1. The van der Waals surface area contributed by atoms with Gasteiger partial charge < -0.3 is 27.9 Å². The summed E-state index contributed by atoms with van der Waals surface area (Å²) >= 11 is 0. The van der Waals surface area contributed by atoms with Crippen LogP contribution in [0.3, 0.4) is 0 Å². The SMILES string of the molecule is CC/C=C\C/C=C\C/C=C\C/C=C\C/C=C\CCCCCCCCCCCC(=O)OC(COCCCCCCCCCCCCCCCCCCCCC)COP(=O)([O-])OCC[N+](C)(C)C. The minimum absolute atomic E-state index is 0.0242. The van der Waals surface area contributed by atoms with Crippen molar-refractivity contribution in [2.24, 2.45) is 0 Å². The van der Waals surface area contributed by atoms with Crippen molar-refractivity contribution in [1.82, 2.24) is 0 Å². The lowest BCUT2D eigenvalue weighted by atomic mass is 10.0. The van der Waals surface area contributed by atoms with Gasteiger partial charge in [-0.3, -0.25) is 9.36 Å². The molecule has 9 heteroatoms. The van der Waals surface area contributed by atoms with Gasteiger partial charge in [-0.1, -0.05) is 235 Å². The van der Waals surface area contributed by atoms with Crippen LogP contribution in [0.15, 0.2) is 60.8 Å². The van der Waals surface area contributed by atoms with E-state index in [1.807, 2.05) is 21.1 Å². The topological polar surface area (TPSA) is 94.1 Å². The van der Waals surface area contributed by atoms with Crippen LogP contribution in [-0.4, -0.2) is 70.7 Å². The van der Waals surface area contributed by atoms with Gasteiger partial charge >= 0.3 is 5.97 Å². The average molecular weight is 948 g/mol. The van der Waals surface area contributed by atoms with Gasteiger partial charge in [0, 0.05) is 13.0 Å². The van der Waals surface area contributed by atoms with Crippen molar-refractivity contribution in [2.75, 3.05) is 54.1 Å². The second-order valence-corrected chi connectivity index (χ2v) is 21.0. The zero-order chi connectivity index (χ0) is 48.3. The van der Waals surface area contributed by atoms with Gasteiger partial charge in [-0.25, -0.2) is 0 Å². The minimum Gasteiger partial charge on any atom is -0.756 e. The van der Waals surface area contributed by atoms with Crippen molar-refractivity contribution in [1.29, 1.82) is 0 Å². The molecule has 0 aromatic rings. The van der Waals surface area contributed by atoms with Crippen LogP contribution < -0.4 is 4.89 Å². The number of ether oxygens (including phenoxy) is 2. The molecule has 0 N–H and O–H groups in total. The number of hydrogen-bond donors (Lipinski definition) is 0. The highest BCUT2D eigenvalue weighted by Crippen LogP contribution is 2.38. The molecular formula is C57H106NO7P. The van der Waals surface area contributed by atoms with E-state index in [9.17, 15) is 14.3 Å². The molecule has 0 amide bonds. The lowest BCUT2D eigenvalue weighted by molar-refractivity contribution is -0.870. The van der Waals surface area contributed by atoms with Crippen molar-refractivity contribution in [3.8, 4) is 0 Å². The Labute approximate surface area is 409 Å². The van der Waals surface area contributed by atoms with Crippen molar-refractivity contribution < 1.29 is 37.3 Å². The lowest BCUT2D eigenvalue weighted by Crippen LogP contribution is -2.37. The second-order valence-electron chi connectivity index (χ2n) is 19.6. The summed E-state index contributed by atoms with van der Waals surface area (Å²) in [6, 6.07) is 0. The summed E-state index contributed by atoms with van der Waals surface area (Å²) in [5.74, 6) is -0.338. The maximum Gasteiger partial charge on any atom is 0.306 e. The molecule has 0 saturated carbocycles. The first kappa shape index (κ1) is 64.2. The standard InChI is InChI=1S/C57H106NO7P/c1-6-8-10-12-14-16-18-20-22-24-26-27-28-29-30-31-32-34-36-38-40-42-44-46-48-50-57(59)65-56(55-64-66(60,61)63-53-51-58(3,4)5)54-62-52-49-47-45-43-41-39-37-35-33-25-23-21-19-17-15-13-11-9-7-2/h8,10,14,16,20,22,26-27,29-30,56H,6-7,9,11-13,15,17-19,21,23-25,28,31-55H2,1-5H3/b10-8-,16-14-,22-20-,27-26-,30-29-. The molecule has 0 spiro atoms. The lowest BCUT2D eigenvalue weighted by Gasteiger charge is -2.28. The van der Waals surface area contributed by atoms with Crippen molar-refractivity contribution in [2.45, 2.75) is 245 Å². The Kier molecular flexibility index (Phi) is 48.3. The molecule has 0 aliphatic carbocycles. The summed E-state index contributed by atoms with van der Waals surface area (Å²) in [5, 5.41) is 0. The van der Waals surface area contributed by atoms with Crippen LogP contribution in [0.1, 0.15) is 239 Å². The fourth-order valence-electron chi connectivity index (χ4n) is 7.63. The fourth-order valence-corrected chi connectivity index (χ4v) is 8.36. The Bertz CT molecular complexity index is 1240. The highest BCUT2D eigenvalue weighted by atomic mass is 31.2. The first-order valence-electron chi connectivity index (χ1n) is 27.5. The molecule has 2 unspecified atom stereocenters. The molecular weight excluding hydrogens is 842 g/mol. The third kappa shape index (κ3) is 53.2. The van der Waals surface area contributed by atoms with E-state index >= 15 is 0 Å². The first-order valence-corrected chi connectivity index (χ1v) is 29.0. The Hall–Kier alpha value is -1.80. The van der Waals surface area contributed by atoms with E-state index in [1.54, 1.807) is 0 Å².